The highest BCUT2D eigenvalue weighted by atomic mass is 16.7. The molecule has 13 heavy (non-hydrogen) atoms. The molecular weight excluding hydrogens is 172 g/mol. The van der Waals surface area contributed by atoms with E-state index in [1.165, 1.54) is 6.92 Å². The maximum Gasteiger partial charge on any atom is 0.302 e. The van der Waals surface area contributed by atoms with Crippen LogP contribution >= 0.6 is 0 Å². The number of hydrogen-bond acceptors (Lipinski definition) is 4. The summed E-state index contributed by atoms with van der Waals surface area (Å²) in [5.74, 6) is -0.292. The Hall–Kier alpha value is -0.870. The van der Waals surface area contributed by atoms with Gasteiger partial charge in [0, 0.05) is 21.1 Å². The quantitative estimate of drug-likeness (QED) is 0.368. The molecule has 0 saturated heterocycles. The molecule has 0 aliphatic carbocycles. The Morgan fingerprint density at radius 3 is 2.23 bits per heavy atom. The van der Waals surface area contributed by atoms with E-state index in [0.29, 0.717) is 0 Å². The van der Waals surface area contributed by atoms with Crippen LogP contribution in [-0.4, -0.2) is 33.1 Å². The summed E-state index contributed by atoms with van der Waals surface area (Å²) >= 11 is 0. The van der Waals surface area contributed by atoms with E-state index in [-0.39, 0.29) is 18.9 Å². The fourth-order valence-electron chi connectivity index (χ4n) is 0.728. The van der Waals surface area contributed by atoms with Gasteiger partial charge in [0.2, 0.25) is 0 Å². The number of hydrogen-bond donors (Lipinski definition) is 0. The third-order valence-electron chi connectivity index (χ3n) is 1.39. The highest BCUT2D eigenvalue weighted by molar-refractivity contribution is 5.66. The molecule has 4 heteroatoms. The van der Waals surface area contributed by atoms with Gasteiger partial charge in [0.25, 0.3) is 0 Å². The second-order valence-corrected chi connectivity index (χ2v) is 2.63. The molecule has 0 aromatic carbocycles. The van der Waals surface area contributed by atoms with Crippen LogP contribution in [0.5, 0.6) is 0 Å². The highest BCUT2D eigenvalue weighted by Crippen LogP contribution is 2.00. The molecule has 0 aliphatic heterocycles. The summed E-state index contributed by atoms with van der Waals surface area (Å²) in [4.78, 5) is 10.5. The zero-order valence-electron chi connectivity index (χ0n) is 8.49. The van der Waals surface area contributed by atoms with Gasteiger partial charge < -0.3 is 14.2 Å². The van der Waals surface area contributed by atoms with Gasteiger partial charge in [0.05, 0.1) is 0 Å². The average molecular weight is 188 g/mol. The minimum absolute atomic E-state index is 0.276. The summed E-state index contributed by atoms with van der Waals surface area (Å²) in [5, 5.41) is 0. The molecule has 0 N–H and O–H groups in total. The smallest absolute Gasteiger partial charge is 0.302 e. The average Bonchev–Trinajstić information content (AvgIpc) is 2.10. The SMILES string of the molecule is COC(C=C(C)COC(C)=O)OC. The van der Waals surface area contributed by atoms with E-state index in [1.807, 2.05) is 6.92 Å². The highest BCUT2D eigenvalue weighted by Gasteiger charge is 2.01. The van der Waals surface area contributed by atoms with Gasteiger partial charge in [0.1, 0.15) is 6.61 Å². The van der Waals surface area contributed by atoms with Gasteiger partial charge in [-0.3, -0.25) is 4.79 Å². The largest absolute Gasteiger partial charge is 0.461 e. The number of ether oxygens (including phenoxy) is 3. The first kappa shape index (κ1) is 12.1. The molecule has 0 fully saturated rings. The Balaban J connectivity index is 3.91. The van der Waals surface area contributed by atoms with Crippen LogP contribution < -0.4 is 0 Å². The molecule has 0 spiro atoms. The lowest BCUT2D eigenvalue weighted by Crippen LogP contribution is -2.11. The van der Waals surface area contributed by atoms with Crippen LogP contribution in [0.15, 0.2) is 11.6 Å². The van der Waals surface area contributed by atoms with Crippen molar-refractivity contribution in [1.82, 2.24) is 0 Å². The maximum atomic E-state index is 10.5. The molecule has 0 aromatic heterocycles. The van der Waals surface area contributed by atoms with Crippen LogP contribution in [0.2, 0.25) is 0 Å². The number of carbonyl (C=O) groups is 1. The number of rotatable bonds is 5. The van der Waals surface area contributed by atoms with E-state index < -0.39 is 0 Å². The van der Waals surface area contributed by atoms with Crippen molar-refractivity contribution in [2.24, 2.45) is 0 Å². The zero-order chi connectivity index (χ0) is 10.3. The van der Waals surface area contributed by atoms with Crippen molar-refractivity contribution in [3.63, 3.8) is 0 Å². The Morgan fingerprint density at radius 1 is 1.31 bits per heavy atom. The molecule has 4 nitrogen and oxygen atoms in total. The molecule has 0 heterocycles. The first-order valence-corrected chi connectivity index (χ1v) is 3.96. The van der Waals surface area contributed by atoms with E-state index in [1.54, 1.807) is 20.3 Å². The van der Waals surface area contributed by atoms with Crippen molar-refractivity contribution in [2.75, 3.05) is 20.8 Å². The minimum atomic E-state index is -0.379. The second-order valence-electron chi connectivity index (χ2n) is 2.63. The molecule has 0 aliphatic rings. The van der Waals surface area contributed by atoms with E-state index in [0.717, 1.165) is 5.57 Å². The van der Waals surface area contributed by atoms with Gasteiger partial charge in [-0.15, -0.1) is 0 Å². The molecule has 0 bridgehead atoms. The van der Waals surface area contributed by atoms with Crippen LogP contribution in [0.3, 0.4) is 0 Å². The molecular formula is C9H16O4. The number of esters is 1. The van der Waals surface area contributed by atoms with Crippen molar-refractivity contribution in [1.29, 1.82) is 0 Å². The fraction of sp³-hybridized carbons (Fsp3) is 0.667. The van der Waals surface area contributed by atoms with Crippen molar-refractivity contribution >= 4 is 5.97 Å². The lowest BCUT2D eigenvalue weighted by Gasteiger charge is -2.10. The predicted octanol–water partition coefficient (Wildman–Crippen LogP) is 1.11. The molecule has 0 radical (unpaired) electrons. The van der Waals surface area contributed by atoms with Crippen LogP contribution in [0, 0.1) is 0 Å². The lowest BCUT2D eigenvalue weighted by atomic mass is 10.3. The predicted molar refractivity (Wildman–Crippen MR) is 48.2 cm³/mol. The fourth-order valence-corrected chi connectivity index (χ4v) is 0.728. The van der Waals surface area contributed by atoms with Crippen LogP contribution in [-0.2, 0) is 19.0 Å². The van der Waals surface area contributed by atoms with E-state index in [4.69, 9.17) is 14.2 Å². The topological polar surface area (TPSA) is 44.8 Å². The summed E-state index contributed by atoms with van der Waals surface area (Å²) in [6.07, 6.45) is 1.37. The Bertz CT molecular complexity index is 182. The van der Waals surface area contributed by atoms with E-state index in [9.17, 15) is 4.79 Å². The van der Waals surface area contributed by atoms with Crippen molar-refractivity contribution in [2.45, 2.75) is 20.1 Å². The maximum absolute atomic E-state index is 10.5. The van der Waals surface area contributed by atoms with Gasteiger partial charge in [-0.2, -0.15) is 0 Å². The van der Waals surface area contributed by atoms with Gasteiger partial charge in [-0.05, 0) is 18.6 Å². The molecule has 0 unspecified atom stereocenters. The summed E-state index contributed by atoms with van der Waals surface area (Å²) in [6.45, 7) is 3.49. The molecule has 0 rings (SSSR count). The standard InChI is InChI=1S/C9H16O4/c1-7(6-13-8(2)10)5-9(11-3)12-4/h5,9H,6H2,1-4H3. The summed E-state index contributed by atoms with van der Waals surface area (Å²) in [5.41, 5.74) is 0.893. The van der Waals surface area contributed by atoms with Gasteiger partial charge in [0.15, 0.2) is 6.29 Å². The van der Waals surface area contributed by atoms with Crippen molar-refractivity contribution in [3.05, 3.63) is 11.6 Å². The van der Waals surface area contributed by atoms with Crippen LogP contribution in [0.25, 0.3) is 0 Å². The van der Waals surface area contributed by atoms with Gasteiger partial charge >= 0.3 is 5.97 Å². The van der Waals surface area contributed by atoms with Gasteiger partial charge in [-0.1, -0.05) is 0 Å². The van der Waals surface area contributed by atoms with Gasteiger partial charge in [-0.25, -0.2) is 0 Å². The number of methoxy groups -OCH3 is 2. The van der Waals surface area contributed by atoms with Crippen molar-refractivity contribution < 1.29 is 19.0 Å². The molecule has 0 aromatic rings. The Kier molecular flexibility index (Phi) is 6.18. The van der Waals surface area contributed by atoms with Crippen LogP contribution in [0.1, 0.15) is 13.8 Å². The second kappa shape index (κ2) is 6.62. The Morgan fingerprint density at radius 2 is 1.85 bits per heavy atom. The third-order valence-corrected chi connectivity index (χ3v) is 1.39. The Labute approximate surface area is 78.5 Å². The molecule has 76 valence electrons. The van der Waals surface area contributed by atoms with Crippen molar-refractivity contribution in [3.8, 4) is 0 Å². The monoisotopic (exact) mass is 188 g/mol. The number of carbonyl (C=O) groups excluding carboxylic acids is 1. The third kappa shape index (κ3) is 6.31. The summed E-state index contributed by atoms with van der Waals surface area (Å²) in [6, 6.07) is 0. The zero-order valence-corrected chi connectivity index (χ0v) is 8.49. The summed E-state index contributed by atoms with van der Waals surface area (Å²) < 4.78 is 14.7. The van der Waals surface area contributed by atoms with Crippen LogP contribution in [0.4, 0.5) is 0 Å². The summed E-state index contributed by atoms with van der Waals surface area (Å²) in [7, 11) is 3.09. The van der Waals surface area contributed by atoms with E-state index in [2.05, 4.69) is 0 Å². The first-order valence-electron chi connectivity index (χ1n) is 3.96. The molecule has 0 saturated carbocycles. The molecule has 0 atom stereocenters. The lowest BCUT2D eigenvalue weighted by molar-refractivity contribution is -0.140. The van der Waals surface area contributed by atoms with E-state index >= 15 is 0 Å². The normalized spacial score (nSPS) is 11.9. The first-order chi connectivity index (χ1) is 6.10. The molecule has 0 amide bonds. The minimum Gasteiger partial charge on any atom is -0.461 e.